The number of benzene rings is 2. The maximum absolute atomic E-state index is 5.74. The number of hydrogen-bond acceptors (Lipinski definition) is 2. The molecule has 0 aliphatic heterocycles. The molecular weight excluding hydrogens is 208 g/mol. The van der Waals surface area contributed by atoms with Gasteiger partial charge in [0.15, 0.2) is 0 Å². The molecule has 0 saturated carbocycles. The Morgan fingerprint density at radius 3 is 2.18 bits per heavy atom. The fourth-order valence-corrected chi connectivity index (χ4v) is 1.99. The van der Waals surface area contributed by atoms with Gasteiger partial charge >= 0.3 is 0 Å². The number of hydrogen-bond donors (Lipinski definition) is 2. The van der Waals surface area contributed by atoms with Gasteiger partial charge in [0.2, 0.25) is 0 Å². The second-order valence-electron chi connectivity index (χ2n) is 4.05. The monoisotopic (exact) mass is 225 g/mol. The molecular formula is C15H17N2. The molecule has 2 aromatic carbocycles. The minimum absolute atomic E-state index is 0.553. The molecule has 0 heterocycles. The fraction of sp³-hybridized carbons (Fsp3) is 0.200. The van der Waals surface area contributed by atoms with Gasteiger partial charge in [-0.15, -0.1) is 0 Å². The van der Waals surface area contributed by atoms with Crippen LogP contribution in [0.4, 0.5) is 0 Å². The van der Waals surface area contributed by atoms with E-state index in [0.717, 1.165) is 12.0 Å². The van der Waals surface area contributed by atoms with Crippen molar-refractivity contribution < 1.29 is 0 Å². The van der Waals surface area contributed by atoms with Gasteiger partial charge < -0.3 is 11.5 Å². The lowest BCUT2D eigenvalue weighted by Crippen LogP contribution is -2.05. The van der Waals surface area contributed by atoms with Crippen molar-refractivity contribution in [3.8, 4) is 0 Å². The number of nitrogens with two attached hydrogens (primary N) is 2. The third-order valence-electron chi connectivity index (χ3n) is 2.99. The van der Waals surface area contributed by atoms with Crippen LogP contribution in [0.2, 0.25) is 0 Å². The van der Waals surface area contributed by atoms with E-state index < -0.39 is 0 Å². The van der Waals surface area contributed by atoms with Crippen molar-refractivity contribution >= 4 is 0 Å². The first-order chi connectivity index (χ1) is 8.35. The van der Waals surface area contributed by atoms with Crippen molar-refractivity contribution in [2.24, 2.45) is 11.5 Å². The molecule has 4 N–H and O–H groups in total. The van der Waals surface area contributed by atoms with Crippen molar-refractivity contribution in [1.82, 2.24) is 0 Å². The lowest BCUT2D eigenvalue weighted by atomic mass is 9.96. The van der Waals surface area contributed by atoms with Crippen LogP contribution in [0.5, 0.6) is 0 Å². The average Bonchev–Trinajstić information content (AvgIpc) is 2.40. The summed E-state index contributed by atoms with van der Waals surface area (Å²) in [5.74, 6) is 0. The van der Waals surface area contributed by atoms with E-state index in [1.165, 1.54) is 16.7 Å². The molecule has 17 heavy (non-hydrogen) atoms. The molecule has 0 amide bonds. The first-order valence-electron chi connectivity index (χ1n) is 5.80. The smallest absolute Gasteiger partial charge is 0.0181 e. The molecule has 87 valence electrons. The van der Waals surface area contributed by atoms with Crippen molar-refractivity contribution in [3.05, 3.63) is 70.8 Å². The third kappa shape index (κ3) is 2.73. The van der Waals surface area contributed by atoms with E-state index in [-0.39, 0.29) is 0 Å². The molecule has 0 aliphatic carbocycles. The summed E-state index contributed by atoms with van der Waals surface area (Å²) >= 11 is 0. The van der Waals surface area contributed by atoms with Crippen LogP contribution >= 0.6 is 0 Å². The van der Waals surface area contributed by atoms with Crippen molar-refractivity contribution in [3.63, 3.8) is 0 Å². The lowest BCUT2D eigenvalue weighted by Gasteiger charge is -2.10. The predicted octanol–water partition coefficient (Wildman–Crippen LogP) is 1.99. The Hall–Kier alpha value is -1.64. The van der Waals surface area contributed by atoms with Crippen LogP contribution in [0.15, 0.2) is 42.5 Å². The predicted molar refractivity (Wildman–Crippen MR) is 70.3 cm³/mol. The standard InChI is InChI=1S/C15H17N2/c16-10-14-7-3-1-5-12(14)9-13-6-2-4-8-15(13)11-17/h1-3,5-8H,9-11,16-17H2. The molecule has 0 atom stereocenters. The van der Waals surface area contributed by atoms with Crippen molar-refractivity contribution in [2.75, 3.05) is 0 Å². The van der Waals surface area contributed by atoms with Gasteiger partial charge in [-0.1, -0.05) is 36.4 Å². The fourth-order valence-electron chi connectivity index (χ4n) is 1.99. The quantitative estimate of drug-likeness (QED) is 0.836. The molecule has 2 nitrogen and oxygen atoms in total. The minimum atomic E-state index is 0.553. The Balaban J connectivity index is 2.31. The highest BCUT2D eigenvalue weighted by molar-refractivity contribution is 5.36. The normalized spacial score (nSPS) is 10.5. The van der Waals surface area contributed by atoms with Crippen LogP contribution in [0, 0.1) is 6.07 Å². The Bertz CT molecular complexity index is 446. The van der Waals surface area contributed by atoms with Gasteiger partial charge in [-0.3, -0.25) is 0 Å². The Morgan fingerprint density at radius 1 is 0.824 bits per heavy atom. The summed E-state index contributed by atoms with van der Waals surface area (Å²) in [4.78, 5) is 0. The van der Waals surface area contributed by atoms with Gasteiger partial charge in [0.1, 0.15) is 0 Å². The van der Waals surface area contributed by atoms with E-state index in [1.54, 1.807) is 0 Å². The Morgan fingerprint density at radius 2 is 1.47 bits per heavy atom. The molecule has 2 rings (SSSR count). The summed E-state index contributed by atoms with van der Waals surface area (Å²) in [5.41, 5.74) is 16.4. The maximum Gasteiger partial charge on any atom is 0.0181 e. The highest BCUT2D eigenvalue weighted by Crippen LogP contribution is 2.16. The third-order valence-corrected chi connectivity index (χ3v) is 2.99. The van der Waals surface area contributed by atoms with Gasteiger partial charge in [-0.2, -0.15) is 0 Å². The van der Waals surface area contributed by atoms with Crippen LogP contribution < -0.4 is 11.5 Å². The molecule has 0 fully saturated rings. The van der Waals surface area contributed by atoms with Crippen molar-refractivity contribution in [1.29, 1.82) is 0 Å². The molecule has 1 radical (unpaired) electrons. The van der Waals surface area contributed by atoms with Gasteiger partial charge in [0, 0.05) is 13.1 Å². The molecule has 0 unspecified atom stereocenters. The molecule has 0 spiro atoms. The van der Waals surface area contributed by atoms with Gasteiger partial charge in [0.25, 0.3) is 0 Å². The first kappa shape index (κ1) is 11.8. The van der Waals surface area contributed by atoms with E-state index in [9.17, 15) is 0 Å². The lowest BCUT2D eigenvalue weighted by molar-refractivity contribution is 0.986. The van der Waals surface area contributed by atoms with E-state index in [4.69, 9.17) is 11.5 Å². The summed E-state index contributed by atoms with van der Waals surface area (Å²) in [6, 6.07) is 17.3. The SMILES string of the molecule is NCc1c[c]ccc1Cc1ccccc1CN. The van der Waals surface area contributed by atoms with Crippen LogP contribution in [-0.2, 0) is 19.5 Å². The summed E-state index contributed by atoms with van der Waals surface area (Å²) in [6.45, 7) is 1.13. The summed E-state index contributed by atoms with van der Waals surface area (Å²) in [7, 11) is 0. The highest BCUT2D eigenvalue weighted by Gasteiger charge is 2.04. The average molecular weight is 225 g/mol. The van der Waals surface area contributed by atoms with E-state index in [2.05, 4.69) is 24.3 Å². The summed E-state index contributed by atoms with van der Waals surface area (Å²) in [5, 5.41) is 0. The molecule has 2 aromatic rings. The highest BCUT2D eigenvalue weighted by atomic mass is 14.5. The zero-order valence-corrected chi connectivity index (χ0v) is 9.82. The first-order valence-corrected chi connectivity index (χ1v) is 5.80. The maximum atomic E-state index is 5.74. The molecule has 0 aliphatic rings. The van der Waals surface area contributed by atoms with Crippen LogP contribution in [0.1, 0.15) is 22.3 Å². The number of rotatable bonds is 4. The zero-order chi connectivity index (χ0) is 12.1. The zero-order valence-electron chi connectivity index (χ0n) is 9.82. The van der Waals surface area contributed by atoms with Crippen LogP contribution in [-0.4, -0.2) is 0 Å². The van der Waals surface area contributed by atoms with Gasteiger partial charge in [-0.05, 0) is 40.8 Å². The minimum Gasteiger partial charge on any atom is -0.326 e. The van der Waals surface area contributed by atoms with Crippen LogP contribution in [0.3, 0.4) is 0 Å². The molecule has 2 heteroatoms. The van der Waals surface area contributed by atoms with Gasteiger partial charge in [-0.25, -0.2) is 0 Å². The van der Waals surface area contributed by atoms with Crippen LogP contribution in [0.25, 0.3) is 0 Å². The second-order valence-corrected chi connectivity index (χ2v) is 4.05. The summed E-state index contributed by atoms with van der Waals surface area (Å²) < 4.78 is 0. The Kier molecular flexibility index (Phi) is 3.91. The van der Waals surface area contributed by atoms with E-state index >= 15 is 0 Å². The van der Waals surface area contributed by atoms with Crippen molar-refractivity contribution in [2.45, 2.75) is 19.5 Å². The largest absolute Gasteiger partial charge is 0.326 e. The molecule has 0 aromatic heterocycles. The molecule has 0 saturated heterocycles. The summed E-state index contributed by atoms with van der Waals surface area (Å²) in [6.07, 6.45) is 0.884. The molecule has 0 bridgehead atoms. The van der Waals surface area contributed by atoms with Gasteiger partial charge in [0.05, 0.1) is 0 Å². The Labute approximate surface area is 102 Å². The van der Waals surface area contributed by atoms with E-state index in [1.807, 2.05) is 24.3 Å². The second kappa shape index (κ2) is 5.62. The van der Waals surface area contributed by atoms with E-state index in [0.29, 0.717) is 13.1 Å². The topological polar surface area (TPSA) is 52.0 Å².